The van der Waals surface area contributed by atoms with Crippen LogP contribution in [0.15, 0.2) is 48.8 Å². The van der Waals surface area contributed by atoms with Crippen molar-refractivity contribution in [3.8, 4) is 11.1 Å². The molecule has 6 rings (SSSR count). The van der Waals surface area contributed by atoms with E-state index in [0.717, 1.165) is 37.1 Å². The minimum absolute atomic E-state index is 0.00613. The number of para-hydroxylation sites is 1. The van der Waals surface area contributed by atoms with Crippen LogP contribution in [0.4, 0.5) is 14.5 Å². The fraction of sp³-hybridized carbons (Fsp3) is 0.385. The number of carbonyl (C=O) groups excluding carboxylic acids is 1. The molecular formula is C26H26F2N4O. The summed E-state index contributed by atoms with van der Waals surface area (Å²) < 4.78 is 31.7. The molecule has 1 atom stereocenters. The molecule has 0 radical (unpaired) electrons. The number of rotatable bonds is 4. The molecule has 3 aromatic rings. The van der Waals surface area contributed by atoms with Crippen LogP contribution in [0.5, 0.6) is 0 Å². The fourth-order valence-electron chi connectivity index (χ4n) is 6.02. The molecule has 2 aromatic carbocycles. The Kier molecular flexibility index (Phi) is 4.66. The van der Waals surface area contributed by atoms with Gasteiger partial charge >= 0.3 is 0 Å². The molecule has 1 aromatic heterocycles. The van der Waals surface area contributed by atoms with Gasteiger partial charge in [0.15, 0.2) is 11.6 Å². The van der Waals surface area contributed by atoms with Crippen molar-refractivity contribution in [1.82, 2.24) is 14.7 Å². The third-order valence-corrected chi connectivity index (χ3v) is 7.72. The van der Waals surface area contributed by atoms with Crippen LogP contribution in [-0.4, -0.2) is 33.2 Å². The molecule has 1 aliphatic carbocycles. The van der Waals surface area contributed by atoms with Crippen molar-refractivity contribution in [3.63, 3.8) is 0 Å². The predicted molar refractivity (Wildman–Crippen MR) is 121 cm³/mol. The zero-order chi connectivity index (χ0) is 22.7. The van der Waals surface area contributed by atoms with Gasteiger partial charge in [0.25, 0.3) is 5.91 Å². The highest BCUT2D eigenvalue weighted by atomic mass is 19.2. The first-order valence-corrected chi connectivity index (χ1v) is 11.6. The van der Waals surface area contributed by atoms with Crippen LogP contribution in [0.1, 0.15) is 43.2 Å². The fourth-order valence-corrected chi connectivity index (χ4v) is 6.02. The monoisotopic (exact) mass is 448 g/mol. The highest BCUT2D eigenvalue weighted by Gasteiger charge is 2.61. The smallest absolute Gasteiger partial charge is 0.252 e. The van der Waals surface area contributed by atoms with E-state index in [2.05, 4.69) is 10.00 Å². The second-order valence-electron chi connectivity index (χ2n) is 9.45. The number of benzene rings is 2. The van der Waals surface area contributed by atoms with Crippen molar-refractivity contribution in [2.24, 2.45) is 7.05 Å². The van der Waals surface area contributed by atoms with Crippen molar-refractivity contribution in [3.05, 3.63) is 71.6 Å². The quantitative estimate of drug-likeness (QED) is 0.578. The molecule has 5 nitrogen and oxygen atoms in total. The molecule has 3 heterocycles. The number of hydrogen-bond acceptors (Lipinski definition) is 3. The number of halogens is 2. The van der Waals surface area contributed by atoms with E-state index < -0.39 is 17.2 Å². The van der Waals surface area contributed by atoms with Gasteiger partial charge in [-0.25, -0.2) is 8.78 Å². The molecule has 1 unspecified atom stereocenters. The zero-order valence-electron chi connectivity index (χ0n) is 18.6. The Bertz CT molecular complexity index is 1250. The maximum Gasteiger partial charge on any atom is 0.252 e. The van der Waals surface area contributed by atoms with Crippen molar-refractivity contribution >= 4 is 11.6 Å². The number of hydrogen-bond donors (Lipinski definition) is 0. The second-order valence-corrected chi connectivity index (χ2v) is 9.45. The van der Waals surface area contributed by atoms with E-state index >= 15 is 4.39 Å². The molecule has 3 aliphatic rings. The summed E-state index contributed by atoms with van der Waals surface area (Å²) in [6, 6.07) is 11.4. The minimum Gasteiger partial charge on any atom is -0.306 e. The van der Waals surface area contributed by atoms with Gasteiger partial charge in [-0.15, -0.1) is 0 Å². The normalized spacial score (nSPS) is 22.9. The number of fused-ring (bicyclic) bond motifs is 2. The van der Waals surface area contributed by atoms with Gasteiger partial charge in [-0.3, -0.25) is 14.4 Å². The van der Waals surface area contributed by atoms with Crippen LogP contribution < -0.4 is 4.90 Å². The molecule has 33 heavy (non-hydrogen) atoms. The Morgan fingerprint density at radius 3 is 2.58 bits per heavy atom. The summed E-state index contributed by atoms with van der Waals surface area (Å²) >= 11 is 0. The Morgan fingerprint density at radius 2 is 1.88 bits per heavy atom. The van der Waals surface area contributed by atoms with Crippen LogP contribution in [0.25, 0.3) is 11.1 Å². The van der Waals surface area contributed by atoms with Crippen LogP contribution >= 0.6 is 0 Å². The van der Waals surface area contributed by atoms with Crippen LogP contribution in [0.2, 0.25) is 0 Å². The lowest BCUT2D eigenvalue weighted by Crippen LogP contribution is -2.65. The van der Waals surface area contributed by atoms with E-state index in [0.29, 0.717) is 11.6 Å². The van der Waals surface area contributed by atoms with Gasteiger partial charge in [0.1, 0.15) is 5.54 Å². The third kappa shape index (κ3) is 2.91. The molecule has 0 N–H and O–H groups in total. The summed E-state index contributed by atoms with van der Waals surface area (Å²) in [4.78, 5) is 17.9. The molecule has 170 valence electrons. The third-order valence-electron chi connectivity index (χ3n) is 7.72. The summed E-state index contributed by atoms with van der Waals surface area (Å²) in [5.41, 5.74) is 2.01. The van der Waals surface area contributed by atoms with Gasteiger partial charge < -0.3 is 4.90 Å². The Hall–Kier alpha value is -3.06. The standard InChI is InChI=1S/C26H26F2N4O/c1-30-15-18(14-29-30)20-11-10-17(23(27)24(20)28)16-31-22-9-5-4-8-21(22)26(25(31)33)12-13-32(26)19-6-2-3-7-19/h4-5,8-11,14-15,19H,2-3,6-7,12-13,16H2,1H3. The van der Waals surface area contributed by atoms with Crippen molar-refractivity contribution in [2.75, 3.05) is 11.4 Å². The van der Waals surface area contributed by atoms with Gasteiger partial charge in [-0.2, -0.15) is 5.10 Å². The predicted octanol–water partition coefficient (Wildman–Crippen LogP) is 4.76. The number of nitrogens with zero attached hydrogens (tertiary/aromatic N) is 4. The number of carbonyl (C=O) groups is 1. The lowest BCUT2D eigenvalue weighted by atomic mass is 9.77. The van der Waals surface area contributed by atoms with Gasteiger partial charge in [0.2, 0.25) is 0 Å². The summed E-state index contributed by atoms with van der Waals surface area (Å²) in [5.74, 6) is -1.84. The Labute approximate surface area is 191 Å². The first-order valence-electron chi connectivity index (χ1n) is 11.6. The maximum atomic E-state index is 15.2. The van der Waals surface area contributed by atoms with E-state index in [-0.39, 0.29) is 23.6 Å². The number of likely N-dealkylation sites (tertiary alicyclic amines) is 1. The lowest BCUT2D eigenvalue weighted by molar-refractivity contribution is -0.143. The number of anilines is 1. The molecule has 1 saturated heterocycles. The van der Waals surface area contributed by atoms with Gasteiger partial charge in [-0.05, 0) is 25.3 Å². The first-order chi connectivity index (χ1) is 16.0. The number of aryl methyl sites for hydroxylation is 1. The summed E-state index contributed by atoms with van der Waals surface area (Å²) in [6.07, 6.45) is 8.56. The molecule has 1 spiro atoms. The highest BCUT2D eigenvalue weighted by Crippen LogP contribution is 2.54. The van der Waals surface area contributed by atoms with E-state index in [1.165, 1.54) is 19.0 Å². The Morgan fingerprint density at radius 1 is 1.09 bits per heavy atom. The number of amides is 1. The molecular weight excluding hydrogens is 422 g/mol. The second kappa shape index (κ2) is 7.48. The van der Waals surface area contributed by atoms with Crippen molar-refractivity contribution < 1.29 is 13.6 Å². The zero-order valence-corrected chi connectivity index (χ0v) is 18.6. The average molecular weight is 449 g/mol. The van der Waals surface area contributed by atoms with E-state index in [4.69, 9.17) is 0 Å². The molecule has 2 fully saturated rings. The van der Waals surface area contributed by atoms with Crippen LogP contribution in [0, 0.1) is 11.6 Å². The molecule has 1 saturated carbocycles. The average Bonchev–Trinajstić information content (AvgIpc) is 3.51. The van der Waals surface area contributed by atoms with Crippen molar-refractivity contribution in [2.45, 2.75) is 50.2 Å². The number of aromatic nitrogens is 2. The van der Waals surface area contributed by atoms with E-state index in [1.54, 1.807) is 35.0 Å². The van der Waals surface area contributed by atoms with E-state index in [1.807, 2.05) is 24.3 Å². The van der Waals surface area contributed by atoms with Gasteiger partial charge in [0.05, 0.1) is 12.7 Å². The molecule has 7 heteroatoms. The highest BCUT2D eigenvalue weighted by molar-refractivity contribution is 6.08. The minimum atomic E-state index is -0.913. The van der Waals surface area contributed by atoms with Gasteiger partial charge in [-0.1, -0.05) is 43.2 Å². The van der Waals surface area contributed by atoms with E-state index in [9.17, 15) is 9.18 Å². The summed E-state index contributed by atoms with van der Waals surface area (Å²) in [7, 11) is 1.73. The van der Waals surface area contributed by atoms with Crippen LogP contribution in [-0.2, 0) is 23.9 Å². The maximum absolute atomic E-state index is 15.2. The first kappa shape index (κ1) is 20.5. The van der Waals surface area contributed by atoms with Gasteiger partial charge in [0, 0.05) is 53.8 Å². The summed E-state index contributed by atoms with van der Waals surface area (Å²) in [6.45, 7) is 0.910. The van der Waals surface area contributed by atoms with Crippen molar-refractivity contribution in [1.29, 1.82) is 0 Å². The molecule has 1 amide bonds. The summed E-state index contributed by atoms with van der Waals surface area (Å²) in [5, 5.41) is 4.05. The molecule has 0 bridgehead atoms. The topological polar surface area (TPSA) is 41.4 Å². The largest absolute Gasteiger partial charge is 0.306 e. The lowest BCUT2D eigenvalue weighted by Gasteiger charge is -2.52. The molecule has 2 aliphatic heterocycles. The van der Waals surface area contributed by atoms with Crippen LogP contribution in [0.3, 0.4) is 0 Å². The SMILES string of the molecule is Cn1cc(-c2ccc(CN3C(=O)C4(CCN4C4CCCC4)c4ccccc43)c(F)c2F)cn1. The Balaban J connectivity index is 1.35.